The number of rotatable bonds is 6. The molecule has 106 valence electrons. The summed E-state index contributed by atoms with van der Waals surface area (Å²) in [5, 5.41) is 13.3. The second-order valence-electron chi connectivity index (χ2n) is 4.95. The van der Waals surface area contributed by atoms with E-state index in [2.05, 4.69) is 22.1 Å². The van der Waals surface area contributed by atoms with Gasteiger partial charge in [0.1, 0.15) is 0 Å². The molecule has 0 radical (unpaired) electrons. The fourth-order valence-electron chi connectivity index (χ4n) is 2.20. The lowest BCUT2D eigenvalue weighted by atomic mass is 10.2. The van der Waals surface area contributed by atoms with Crippen molar-refractivity contribution in [3.63, 3.8) is 0 Å². The van der Waals surface area contributed by atoms with Crippen LogP contribution in [0.5, 0.6) is 0 Å². The molecule has 2 heterocycles. The quantitative estimate of drug-likeness (QED) is 0.781. The van der Waals surface area contributed by atoms with E-state index in [9.17, 15) is 5.11 Å². The van der Waals surface area contributed by atoms with Gasteiger partial charge in [0.15, 0.2) is 0 Å². The predicted molar refractivity (Wildman–Crippen MR) is 73.9 cm³/mol. The number of ether oxygens (including phenoxy) is 1. The van der Waals surface area contributed by atoms with Gasteiger partial charge in [-0.05, 0) is 19.1 Å². The third-order valence-corrected chi connectivity index (χ3v) is 3.36. The standard InChI is InChI=1S/C14H23N3O2/c1-12(14-4-2-3-5-15-14)16-10-13(18)11-17-6-8-19-9-7-17/h2-5,12-13,16,18H,6-11H2,1H3. The highest BCUT2D eigenvalue weighted by molar-refractivity contribution is 5.07. The number of hydrogen-bond acceptors (Lipinski definition) is 5. The zero-order valence-corrected chi connectivity index (χ0v) is 11.5. The summed E-state index contributed by atoms with van der Waals surface area (Å²) in [6, 6.07) is 6.03. The number of hydrogen-bond donors (Lipinski definition) is 2. The van der Waals surface area contributed by atoms with Gasteiger partial charge in [-0.2, -0.15) is 0 Å². The SMILES string of the molecule is CC(NCC(O)CN1CCOCC1)c1ccccn1. The number of nitrogens with zero attached hydrogens (tertiary/aromatic N) is 2. The molecule has 1 aliphatic rings. The molecule has 5 nitrogen and oxygen atoms in total. The summed E-state index contributed by atoms with van der Waals surface area (Å²) in [6.07, 6.45) is 1.43. The molecule has 0 spiro atoms. The molecule has 2 unspecified atom stereocenters. The molecular formula is C14H23N3O2. The number of aliphatic hydroxyl groups excluding tert-OH is 1. The smallest absolute Gasteiger partial charge is 0.0791 e. The van der Waals surface area contributed by atoms with Gasteiger partial charge in [0.05, 0.1) is 25.0 Å². The van der Waals surface area contributed by atoms with Gasteiger partial charge in [0.2, 0.25) is 0 Å². The minimum atomic E-state index is -0.357. The molecule has 2 rings (SSSR count). The third-order valence-electron chi connectivity index (χ3n) is 3.36. The fraction of sp³-hybridized carbons (Fsp3) is 0.643. The van der Waals surface area contributed by atoms with Crippen LogP contribution in [-0.2, 0) is 4.74 Å². The van der Waals surface area contributed by atoms with Crippen molar-refractivity contribution in [2.24, 2.45) is 0 Å². The van der Waals surface area contributed by atoms with Crippen molar-refractivity contribution in [1.82, 2.24) is 15.2 Å². The number of aromatic nitrogens is 1. The Hall–Kier alpha value is -1.01. The van der Waals surface area contributed by atoms with E-state index in [1.807, 2.05) is 18.2 Å². The zero-order valence-electron chi connectivity index (χ0n) is 11.5. The molecule has 5 heteroatoms. The highest BCUT2D eigenvalue weighted by Crippen LogP contribution is 2.07. The van der Waals surface area contributed by atoms with Crippen LogP contribution in [-0.4, -0.2) is 60.5 Å². The molecular weight excluding hydrogens is 242 g/mol. The molecule has 1 fully saturated rings. The molecule has 0 aliphatic carbocycles. The predicted octanol–water partition coefficient (Wildman–Crippen LogP) is 0.425. The van der Waals surface area contributed by atoms with E-state index in [-0.39, 0.29) is 12.1 Å². The number of pyridine rings is 1. The van der Waals surface area contributed by atoms with Crippen molar-refractivity contribution in [3.8, 4) is 0 Å². The first kappa shape index (κ1) is 14.4. The van der Waals surface area contributed by atoms with E-state index in [4.69, 9.17) is 4.74 Å². The molecule has 0 bridgehead atoms. The summed E-state index contributed by atoms with van der Waals surface area (Å²) >= 11 is 0. The second kappa shape index (κ2) is 7.55. The summed E-state index contributed by atoms with van der Waals surface area (Å²) in [5.74, 6) is 0. The maximum atomic E-state index is 10.0. The van der Waals surface area contributed by atoms with Crippen molar-refractivity contribution in [3.05, 3.63) is 30.1 Å². The molecule has 1 aliphatic heterocycles. The Morgan fingerprint density at radius 3 is 2.89 bits per heavy atom. The second-order valence-corrected chi connectivity index (χ2v) is 4.95. The molecule has 2 atom stereocenters. The maximum absolute atomic E-state index is 10.0. The highest BCUT2D eigenvalue weighted by atomic mass is 16.5. The van der Waals surface area contributed by atoms with Crippen molar-refractivity contribution in [2.45, 2.75) is 19.1 Å². The van der Waals surface area contributed by atoms with Crippen molar-refractivity contribution >= 4 is 0 Å². The Kier molecular flexibility index (Phi) is 5.72. The lowest BCUT2D eigenvalue weighted by Gasteiger charge is -2.29. The number of nitrogens with one attached hydrogen (secondary N) is 1. The Morgan fingerprint density at radius 2 is 2.21 bits per heavy atom. The van der Waals surface area contributed by atoms with E-state index in [1.165, 1.54) is 0 Å². The Morgan fingerprint density at radius 1 is 1.42 bits per heavy atom. The van der Waals surface area contributed by atoms with Crippen LogP contribution >= 0.6 is 0 Å². The number of aliphatic hydroxyl groups is 1. The van der Waals surface area contributed by atoms with Crippen LogP contribution in [0.2, 0.25) is 0 Å². The van der Waals surface area contributed by atoms with Gasteiger partial charge in [-0.1, -0.05) is 6.07 Å². The largest absolute Gasteiger partial charge is 0.390 e. The molecule has 0 amide bonds. The molecule has 1 aromatic heterocycles. The highest BCUT2D eigenvalue weighted by Gasteiger charge is 2.15. The average Bonchev–Trinajstić information content (AvgIpc) is 2.47. The lowest BCUT2D eigenvalue weighted by molar-refractivity contribution is 0.0145. The topological polar surface area (TPSA) is 57.6 Å². The van der Waals surface area contributed by atoms with Crippen LogP contribution in [0, 0.1) is 0 Å². The van der Waals surface area contributed by atoms with Crippen LogP contribution in [0.4, 0.5) is 0 Å². The van der Waals surface area contributed by atoms with E-state index >= 15 is 0 Å². The van der Waals surface area contributed by atoms with Crippen LogP contribution in [0.25, 0.3) is 0 Å². The lowest BCUT2D eigenvalue weighted by Crippen LogP contribution is -2.44. The Balaban J connectivity index is 1.69. The Labute approximate surface area is 114 Å². The molecule has 1 saturated heterocycles. The maximum Gasteiger partial charge on any atom is 0.0791 e. The molecule has 1 aromatic rings. The first-order chi connectivity index (χ1) is 9.25. The van der Waals surface area contributed by atoms with Gasteiger partial charge in [-0.3, -0.25) is 9.88 Å². The fourth-order valence-corrected chi connectivity index (χ4v) is 2.20. The van der Waals surface area contributed by atoms with Crippen LogP contribution in [0.3, 0.4) is 0 Å². The zero-order chi connectivity index (χ0) is 13.5. The summed E-state index contributed by atoms with van der Waals surface area (Å²) in [5.41, 5.74) is 1.00. The summed E-state index contributed by atoms with van der Waals surface area (Å²) in [7, 11) is 0. The van der Waals surface area contributed by atoms with Crippen molar-refractivity contribution in [2.75, 3.05) is 39.4 Å². The summed E-state index contributed by atoms with van der Waals surface area (Å²) in [6.45, 7) is 6.69. The van der Waals surface area contributed by atoms with Gasteiger partial charge >= 0.3 is 0 Å². The van der Waals surface area contributed by atoms with E-state index in [0.29, 0.717) is 13.1 Å². The minimum absolute atomic E-state index is 0.153. The summed E-state index contributed by atoms with van der Waals surface area (Å²) < 4.78 is 5.29. The molecule has 0 saturated carbocycles. The van der Waals surface area contributed by atoms with Gasteiger partial charge < -0.3 is 15.2 Å². The van der Waals surface area contributed by atoms with Gasteiger partial charge in [-0.15, -0.1) is 0 Å². The van der Waals surface area contributed by atoms with Crippen molar-refractivity contribution < 1.29 is 9.84 Å². The van der Waals surface area contributed by atoms with Crippen LogP contribution < -0.4 is 5.32 Å². The number of morpholine rings is 1. The minimum Gasteiger partial charge on any atom is -0.390 e. The van der Waals surface area contributed by atoms with E-state index in [1.54, 1.807) is 6.20 Å². The third kappa shape index (κ3) is 4.87. The monoisotopic (exact) mass is 265 g/mol. The van der Waals surface area contributed by atoms with E-state index in [0.717, 1.165) is 32.0 Å². The van der Waals surface area contributed by atoms with Gasteiger partial charge in [-0.25, -0.2) is 0 Å². The van der Waals surface area contributed by atoms with Crippen LogP contribution in [0.15, 0.2) is 24.4 Å². The van der Waals surface area contributed by atoms with Gasteiger partial charge in [0.25, 0.3) is 0 Å². The first-order valence-electron chi connectivity index (χ1n) is 6.88. The molecule has 19 heavy (non-hydrogen) atoms. The van der Waals surface area contributed by atoms with Crippen LogP contribution in [0.1, 0.15) is 18.7 Å². The van der Waals surface area contributed by atoms with Gasteiger partial charge in [0, 0.05) is 38.4 Å². The van der Waals surface area contributed by atoms with Crippen molar-refractivity contribution in [1.29, 1.82) is 0 Å². The van der Waals surface area contributed by atoms with E-state index < -0.39 is 0 Å². The average molecular weight is 265 g/mol. The first-order valence-corrected chi connectivity index (χ1v) is 6.88. The Bertz CT molecular complexity index is 355. The summed E-state index contributed by atoms with van der Waals surface area (Å²) in [4.78, 5) is 6.54. The molecule has 2 N–H and O–H groups in total. The normalized spacial score (nSPS) is 20.1. The number of β-amino-alcohol motifs (C(OH)–C–C–N with tert-alkyl or cyclic N) is 1. The molecule has 0 aromatic carbocycles.